The normalized spacial score (nSPS) is 11.1. The van der Waals surface area contributed by atoms with Crippen LogP contribution in [-0.4, -0.2) is 27.4 Å². The number of halogens is 2. The van der Waals surface area contributed by atoms with E-state index in [9.17, 15) is 0 Å². The highest BCUT2D eigenvalue weighted by atomic mass is 35.5. The molecule has 0 saturated heterocycles. The van der Waals surface area contributed by atoms with Gasteiger partial charge in [0.05, 0.1) is 27.4 Å². The molecule has 10 rings (SSSR count). The molecule has 0 aliphatic carbocycles. The third kappa shape index (κ3) is 8.31. The fraction of sp³-hybridized carbons (Fsp3) is 0.103. The Hall–Kier alpha value is -6.98. The van der Waals surface area contributed by atoms with Crippen LogP contribution in [-0.2, 0) is 0 Å². The van der Waals surface area contributed by atoms with E-state index in [0.29, 0.717) is 13.2 Å². The van der Waals surface area contributed by atoms with Gasteiger partial charge in [0.15, 0.2) is 0 Å². The van der Waals surface area contributed by atoms with Gasteiger partial charge in [-0.2, -0.15) is 0 Å². The van der Waals surface area contributed by atoms with Crippen LogP contribution in [0.1, 0.15) is 13.8 Å². The first-order valence-corrected chi connectivity index (χ1v) is 22.2. The van der Waals surface area contributed by atoms with Crippen molar-refractivity contribution in [2.45, 2.75) is 13.8 Å². The van der Waals surface area contributed by atoms with Crippen molar-refractivity contribution in [1.29, 1.82) is 0 Å². The van der Waals surface area contributed by atoms with Gasteiger partial charge in [0, 0.05) is 10.0 Å². The number of hydrogen-bond acceptors (Lipinski definition) is 4. The Morgan fingerprint density at radius 1 is 0.312 bits per heavy atom. The molecule has 0 N–H and O–H groups in total. The van der Waals surface area contributed by atoms with Gasteiger partial charge in [0.2, 0.25) is 0 Å². The minimum atomic E-state index is 0.650. The summed E-state index contributed by atoms with van der Waals surface area (Å²) in [6.45, 7) is 5.30. The minimum Gasteiger partial charge on any atom is -0.497 e. The molecule has 0 fully saturated rings. The molecule has 0 aliphatic heterocycles. The van der Waals surface area contributed by atoms with E-state index < -0.39 is 0 Å². The van der Waals surface area contributed by atoms with Crippen LogP contribution in [0.3, 0.4) is 0 Å². The molecule has 10 aromatic carbocycles. The number of methoxy groups -OCH3 is 2. The van der Waals surface area contributed by atoms with Crippen LogP contribution in [0.5, 0.6) is 23.0 Å². The molecular weight excluding hydrogens is 832 g/mol. The van der Waals surface area contributed by atoms with Gasteiger partial charge in [-0.05, 0) is 174 Å². The maximum Gasteiger partial charge on any atom is 0.119 e. The fourth-order valence-electron chi connectivity index (χ4n) is 8.83. The Kier molecular flexibility index (Phi) is 12.4. The predicted molar refractivity (Wildman–Crippen MR) is 270 cm³/mol. The Morgan fingerprint density at radius 3 is 0.859 bits per heavy atom. The lowest BCUT2D eigenvalue weighted by Gasteiger charge is -2.18. The number of ether oxygens (including phenoxy) is 4. The van der Waals surface area contributed by atoms with E-state index in [2.05, 4.69) is 121 Å². The molecule has 0 saturated carbocycles. The average molecular weight is 878 g/mol. The molecule has 0 atom stereocenters. The quantitative estimate of drug-likeness (QED) is 0.128. The lowest BCUT2D eigenvalue weighted by molar-refractivity contribution is 0.340. The average Bonchev–Trinajstić information content (AvgIpc) is 3.33. The summed E-state index contributed by atoms with van der Waals surface area (Å²) in [5, 5.41) is 10.8. The Balaban J connectivity index is 0.000000162. The molecular formula is C58H46Cl2O4. The number of hydrogen-bond donors (Lipinski definition) is 0. The van der Waals surface area contributed by atoms with Gasteiger partial charge < -0.3 is 18.9 Å². The summed E-state index contributed by atoms with van der Waals surface area (Å²) in [4.78, 5) is 0. The molecule has 0 radical (unpaired) electrons. The third-order valence-electron chi connectivity index (χ3n) is 11.6. The van der Waals surface area contributed by atoms with Crippen LogP contribution in [0.25, 0.3) is 87.6 Å². The van der Waals surface area contributed by atoms with E-state index in [1.54, 1.807) is 14.2 Å². The second-order valence-electron chi connectivity index (χ2n) is 15.3. The van der Waals surface area contributed by atoms with E-state index in [-0.39, 0.29) is 0 Å². The molecule has 316 valence electrons. The Morgan fingerprint density at radius 2 is 0.578 bits per heavy atom. The highest BCUT2D eigenvalue weighted by molar-refractivity contribution is 6.33. The van der Waals surface area contributed by atoms with Gasteiger partial charge >= 0.3 is 0 Å². The standard InChI is InChI=1S/C30H25ClO2.C28H21ClO2/c1-3-32-23-14-9-20(10-15-23)29-25-7-5-6-8-26(25)30(28-19-22(31)13-18-27(28)29)21-11-16-24(17-12-21)33-4-2;1-30-21-12-7-18(8-13-21)27-23-5-3-4-6-24(23)28(19-9-14-22(31-2)15-10-19)26-17-20(29)11-16-25(26)27/h5-19H,3-4H2,1-2H3;3-17H,1-2H3. The first-order chi connectivity index (χ1) is 31.4. The van der Waals surface area contributed by atoms with Crippen molar-refractivity contribution in [1.82, 2.24) is 0 Å². The van der Waals surface area contributed by atoms with Crippen molar-refractivity contribution in [3.05, 3.63) is 192 Å². The lowest BCUT2D eigenvalue weighted by Crippen LogP contribution is -1.93. The van der Waals surface area contributed by atoms with E-state index in [1.807, 2.05) is 74.5 Å². The molecule has 0 unspecified atom stereocenters. The Labute approximate surface area is 384 Å². The van der Waals surface area contributed by atoms with Gasteiger partial charge in [-0.1, -0.05) is 132 Å². The zero-order chi connectivity index (χ0) is 44.2. The van der Waals surface area contributed by atoms with Crippen LogP contribution in [0.4, 0.5) is 0 Å². The molecule has 4 nitrogen and oxygen atoms in total. The first-order valence-electron chi connectivity index (χ1n) is 21.4. The summed E-state index contributed by atoms with van der Waals surface area (Å²) in [6, 6.07) is 62.6. The topological polar surface area (TPSA) is 36.9 Å². The van der Waals surface area contributed by atoms with Crippen LogP contribution in [0, 0.1) is 0 Å². The van der Waals surface area contributed by atoms with E-state index in [1.165, 1.54) is 54.6 Å². The number of rotatable bonds is 10. The maximum atomic E-state index is 6.51. The molecule has 0 amide bonds. The zero-order valence-electron chi connectivity index (χ0n) is 36.1. The summed E-state index contributed by atoms with van der Waals surface area (Å²) in [5.41, 5.74) is 9.32. The molecule has 0 spiro atoms. The van der Waals surface area contributed by atoms with Crippen molar-refractivity contribution in [2.24, 2.45) is 0 Å². The van der Waals surface area contributed by atoms with Crippen molar-refractivity contribution < 1.29 is 18.9 Å². The SMILES string of the molecule is CCOc1ccc(-c2c3ccccc3c(-c3ccc(OCC)cc3)c3cc(Cl)ccc23)cc1.COc1ccc(-c2c3ccccc3c(-c3ccc(OC)cc3)c3cc(Cl)ccc23)cc1. The minimum absolute atomic E-state index is 0.650. The van der Waals surface area contributed by atoms with Crippen LogP contribution in [0.2, 0.25) is 10.0 Å². The fourth-order valence-corrected chi connectivity index (χ4v) is 9.17. The smallest absolute Gasteiger partial charge is 0.119 e. The molecule has 64 heavy (non-hydrogen) atoms. The molecule has 10 aromatic rings. The van der Waals surface area contributed by atoms with Gasteiger partial charge in [-0.3, -0.25) is 0 Å². The van der Waals surface area contributed by atoms with Crippen LogP contribution < -0.4 is 18.9 Å². The lowest BCUT2D eigenvalue weighted by atomic mass is 9.86. The van der Waals surface area contributed by atoms with E-state index in [4.69, 9.17) is 42.1 Å². The summed E-state index contributed by atoms with van der Waals surface area (Å²) < 4.78 is 22.1. The van der Waals surface area contributed by atoms with Gasteiger partial charge in [0.25, 0.3) is 0 Å². The predicted octanol–water partition coefficient (Wildman–Crippen LogP) is 16.8. The monoisotopic (exact) mass is 876 g/mol. The molecule has 0 heterocycles. The molecule has 0 bridgehead atoms. The summed E-state index contributed by atoms with van der Waals surface area (Å²) in [7, 11) is 3.37. The van der Waals surface area contributed by atoms with Crippen molar-refractivity contribution in [2.75, 3.05) is 27.4 Å². The summed E-state index contributed by atoms with van der Waals surface area (Å²) in [6.07, 6.45) is 0. The van der Waals surface area contributed by atoms with Crippen molar-refractivity contribution in [3.63, 3.8) is 0 Å². The summed E-state index contributed by atoms with van der Waals surface area (Å²) >= 11 is 13.0. The second-order valence-corrected chi connectivity index (χ2v) is 16.2. The largest absolute Gasteiger partial charge is 0.497 e. The van der Waals surface area contributed by atoms with Crippen LogP contribution in [0.15, 0.2) is 182 Å². The van der Waals surface area contributed by atoms with Gasteiger partial charge in [0.1, 0.15) is 23.0 Å². The Bertz CT molecular complexity index is 3250. The van der Waals surface area contributed by atoms with Gasteiger partial charge in [-0.25, -0.2) is 0 Å². The summed E-state index contributed by atoms with van der Waals surface area (Å²) in [5.74, 6) is 3.43. The highest BCUT2D eigenvalue weighted by Gasteiger charge is 2.19. The van der Waals surface area contributed by atoms with Crippen molar-refractivity contribution in [3.8, 4) is 67.5 Å². The highest BCUT2D eigenvalue weighted by Crippen LogP contribution is 2.46. The van der Waals surface area contributed by atoms with Crippen LogP contribution >= 0.6 is 23.2 Å². The van der Waals surface area contributed by atoms with E-state index in [0.717, 1.165) is 66.1 Å². The van der Waals surface area contributed by atoms with Crippen molar-refractivity contribution >= 4 is 66.3 Å². The first kappa shape index (κ1) is 42.3. The van der Waals surface area contributed by atoms with E-state index >= 15 is 0 Å². The molecule has 0 aliphatic rings. The zero-order valence-corrected chi connectivity index (χ0v) is 37.6. The molecule has 0 aromatic heterocycles. The maximum absolute atomic E-state index is 6.51. The number of fused-ring (bicyclic) bond motifs is 4. The second kappa shape index (κ2) is 18.8. The van der Waals surface area contributed by atoms with Gasteiger partial charge in [-0.15, -0.1) is 0 Å². The third-order valence-corrected chi connectivity index (χ3v) is 12.1. The number of benzene rings is 10. The molecule has 6 heteroatoms.